The second kappa shape index (κ2) is 6.41. The Kier molecular flexibility index (Phi) is 6.39. The smallest absolute Gasteiger partial charge is 0.152 e. The van der Waals surface area contributed by atoms with Crippen molar-refractivity contribution in [2.24, 2.45) is 0 Å². The first-order valence-corrected chi connectivity index (χ1v) is 6.93. The minimum Gasteiger partial charge on any atom is -0.229 e. The fourth-order valence-corrected chi connectivity index (χ4v) is 2.22. The van der Waals surface area contributed by atoms with Gasteiger partial charge in [0, 0.05) is 0 Å². The first-order chi connectivity index (χ1) is 6.00. The number of unbranched alkanes of at least 4 members (excludes halogenated alkanes) is 4. The Morgan fingerprint density at radius 1 is 1.00 bits per heavy atom. The van der Waals surface area contributed by atoms with Crippen LogP contribution in [0.4, 0.5) is 0 Å². The van der Waals surface area contributed by atoms with Gasteiger partial charge in [-0.2, -0.15) is 0 Å². The molecule has 0 aromatic heterocycles. The van der Waals surface area contributed by atoms with Crippen LogP contribution in [0.2, 0.25) is 0 Å². The Balaban J connectivity index is 3.53. The molecule has 0 N–H and O–H groups in total. The van der Waals surface area contributed by atoms with Crippen LogP contribution in [0, 0.1) is 0 Å². The molecule has 0 atom stereocenters. The fourth-order valence-electron chi connectivity index (χ4n) is 1.14. The Labute approximate surface area is 82.6 Å². The van der Waals surface area contributed by atoms with E-state index in [1.165, 1.54) is 19.3 Å². The summed E-state index contributed by atoms with van der Waals surface area (Å²) < 4.78 is 22.7. The third-order valence-electron chi connectivity index (χ3n) is 2.25. The third kappa shape index (κ3) is 6.08. The van der Waals surface area contributed by atoms with Crippen molar-refractivity contribution in [3.63, 3.8) is 0 Å². The zero-order chi connectivity index (χ0) is 10.3. The van der Waals surface area contributed by atoms with Crippen molar-refractivity contribution in [3.8, 4) is 0 Å². The van der Waals surface area contributed by atoms with E-state index in [-0.39, 0.29) is 5.25 Å². The van der Waals surface area contributed by atoms with E-state index in [1.54, 1.807) is 13.8 Å². The van der Waals surface area contributed by atoms with Crippen LogP contribution >= 0.6 is 0 Å². The molecule has 0 heterocycles. The second-order valence-electron chi connectivity index (χ2n) is 3.83. The molecule has 0 fully saturated rings. The van der Waals surface area contributed by atoms with Gasteiger partial charge < -0.3 is 0 Å². The highest BCUT2D eigenvalue weighted by Gasteiger charge is 2.14. The van der Waals surface area contributed by atoms with Gasteiger partial charge in [0.05, 0.1) is 11.0 Å². The van der Waals surface area contributed by atoms with Crippen LogP contribution in [0.3, 0.4) is 0 Å². The van der Waals surface area contributed by atoms with E-state index >= 15 is 0 Å². The molecule has 0 rings (SSSR count). The van der Waals surface area contributed by atoms with Gasteiger partial charge in [-0.05, 0) is 20.3 Å². The number of sulfone groups is 1. The predicted molar refractivity (Wildman–Crippen MR) is 57.7 cm³/mol. The van der Waals surface area contributed by atoms with Crippen molar-refractivity contribution >= 4 is 9.84 Å². The summed E-state index contributed by atoms with van der Waals surface area (Å²) in [7, 11) is -2.79. The molecule has 13 heavy (non-hydrogen) atoms. The van der Waals surface area contributed by atoms with Gasteiger partial charge in [-0.3, -0.25) is 0 Å². The fraction of sp³-hybridized carbons (Fsp3) is 1.00. The summed E-state index contributed by atoms with van der Waals surface area (Å²) in [5.41, 5.74) is 0. The van der Waals surface area contributed by atoms with E-state index < -0.39 is 9.84 Å². The Morgan fingerprint density at radius 2 is 1.54 bits per heavy atom. The first kappa shape index (κ1) is 12.9. The highest BCUT2D eigenvalue weighted by molar-refractivity contribution is 7.91. The molecule has 0 aliphatic heterocycles. The molecule has 2 nitrogen and oxygen atoms in total. The maximum Gasteiger partial charge on any atom is 0.152 e. The largest absolute Gasteiger partial charge is 0.229 e. The lowest BCUT2D eigenvalue weighted by Crippen LogP contribution is -2.17. The summed E-state index contributed by atoms with van der Waals surface area (Å²) in [5.74, 6) is 0.369. The minimum atomic E-state index is -2.79. The van der Waals surface area contributed by atoms with Gasteiger partial charge in [0.2, 0.25) is 0 Å². The van der Waals surface area contributed by atoms with Crippen LogP contribution in [0.15, 0.2) is 0 Å². The average Bonchev–Trinajstić information content (AvgIpc) is 2.03. The molecule has 0 saturated heterocycles. The van der Waals surface area contributed by atoms with E-state index in [0.29, 0.717) is 5.75 Å². The lowest BCUT2D eigenvalue weighted by molar-refractivity contribution is 0.578. The van der Waals surface area contributed by atoms with Gasteiger partial charge >= 0.3 is 0 Å². The Morgan fingerprint density at radius 3 is 2.00 bits per heavy atom. The lowest BCUT2D eigenvalue weighted by atomic mass is 10.2. The molecule has 0 bridgehead atoms. The maximum absolute atomic E-state index is 11.4. The molecule has 80 valence electrons. The van der Waals surface area contributed by atoms with Crippen LogP contribution in [0.1, 0.15) is 52.9 Å². The predicted octanol–water partition coefficient (Wildman–Crippen LogP) is 2.78. The summed E-state index contributed by atoms with van der Waals surface area (Å²) in [6.07, 6.45) is 5.49. The Bertz CT molecular complexity index is 205. The topological polar surface area (TPSA) is 34.1 Å². The summed E-state index contributed by atoms with van der Waals surface area (Å²) in [6, 6.07) is 0. The van der Waals surface area contributed by atoms with Gasteiger partial charge in [0.1, 0.15) is 0 Å². The van der Waals surface area contributed by atoms with Crippen LogP contribution in [-0.4, -0.2) is 19.4 Å². The summed E-state index contributed by atoms with van der Waals surface area (Å²) in [6.45, 7) is 5.66. The standard InChI is InChI=1S/C10H22O2S/c1-4-5-6-7-8-9-13(11,12)10(2)3/h10H,4-9H2,1-3H3. The zero-order valence-corrected chi connectivity index (χ0v) is 9.86. The van der Waals surface area contributed by atoms with Crippen molar-refractivity contribution in [2.45, 2.75) is 58.1 Å². The lowest BCUT2D eigenvalue weighted by Gasteiger charge is -2.06. The van der Waals surface area contributed by atoms with E-state index in [4.69, 9.17) is 0 Å². The first-order valence-electron chi connectivity index (χ1n) is 5.22. The molecule has 0 aliphatic rings. The van der Waals surface area contributed by atoms with Crippen LogP contribution in [0.25, 0.3) is 0 Å². The highest BCUT2D eigenvalue weighted by Crippen LogP contribution is 2.07. The summed E-state index contributed by atoms with van der Waals surface area (Å²) in [4.78, 5) is 0. The molecular weight excluding hydrogens is 184 g/mol. The zero-order valence-electron chi connectivity index (χ0n) is 9.04. The van der Waals surface area contributed by atoms with Crippen molar-refractivity contribution < 1.29 is 8.42 Å². The molecule has 0 spiro atoms. The van der Waals surface area contributed by atoms with E-state index in [1.807, 2.05) is 0 Å². The third-order valence-corrected chi connectivity index (χ3v) is 4.54. The van der Waals surface area contributed by atoms with Gasteiger partial charge in [-0.15, -0.1) is 0 Å². The van der Waals surface area contributed by atoms with Gasteiger partial charge in [0.25, 0.3) is 0 Å². The van der Waals surface area contributed by atoms with Crippen LogP contribution < -0.4 is 0 Å². The van der Waals surface area contributed by atoms with E-state index in [0.717, 1.165) is 12.8 Å². The molecular formula is C10H22O2S. The van der Waals surface area contributed by atoms with Crippen molar-refractivity contribution in [1.29, 1.82) is 0 Å². The van der Waals surface area contributed by atoms with Gasteiger partial charge in [-0.1, -0.05) is 32.6 Å². The molecule has 0 aromatic carbocycles. The number of hydrogen-bond donors (Lipinski definition) is 0. The van der Waals surface area contributed by atoms with Crippen molar-refractivity contribution in [3.05, 3.63) is 0 Å². The van der Waals surface area contributed by atoms with Gasteiger partial charge in [-0.25, -0.2) is 8.42 Å². The molecule has 0 radical (unpaired) electrons. The monoisotopic (exact) mass is 206 g/mol. The van der Waals surface area contributed by atoms with Crippen molar-refractivity contribution in [2.75, 3.05) is 5.75 Å². The normalized spacial score (nSPS) is 12.3. The molecule has 0 unspecified atom stereocenters. The van der Waals surface area contributed by atoms with Crippen LogP contribution in [-0.2, 0) is 9.84 Å². The summed E-state index contributed by atoms with van der Waals surface area (Å²) >= 11 is 0. The molecule has 0 saturated carbocycles. The Hall–Kier alpha value is -0.0500. The van der Waals surface area contributed by atoms with Crippen LogP contribution in [0.5, 0.6) is 0 Å². The van der Waals surface area contributed by atoms with E-state index in [2.05, 4.69) is 6.92 Å². The van der Waals surface area contributed by atoms with E-state index in [9.17, 15) is 8.42 Å². The minimum absolute atomic E-state index is 0.210. The number of hydrogen-bond acceptors (Lipinski definition) is 2. The van der Waals surface area contributed by atoms with Crippen molar-refractivity contribution in [1.82, 2.24) is 0 Å². The highest BCUT2D eigenvalue weighted by atomic mass is 32.2. The SMILES string of the molecule is CCCCCCCS(=O)(=O)C(C)C. The quantitative estimate of drug-likeness (QED) is 0.600. The van der Waals surface area contributed by atoms with Gasteiger partial charge in [0.15, 0.2) is 9.84 Å². The maximum atomic E-state index is 11.4. The molecule has 3 heteroatoms. The molecule has 0 amide bonds. The number of rotatable bonds is 7. The summed E-state index contributed by atoms with van der Waals surface area (Å²) in [5, 5.41) is -0.210. The molecule has 0 aliphatic carbocycles. The average molecular weight is 206 g/mol. The second-order valence-corrected chi connectivity index (χ2v) is 6.51. The molecule has 0 aromatic rings.